The SMILES string of the molecule is CC1CCCCC1NC(=O)C1CCCN(S(=O)(=O)N2CCC3(CC2)OCCO3)C1. The predicted molar refractivity (Wildman–Crippen MR) is 108 cm³/mol. The molecule has 4 fully saturated rings. The highest BCUT2D eigenvalue weighted by Crippen LogP contribution is 2.33. The van der Waals surface area contributed by atoms with E-state index in [2.05, 4.69) is 12.2 Å². The Bertz CT molecular complexity index is 684. The van der Waals surface area contributed by atoms with Crippen LogP contribution < -0.4 is 5.32 Å². The van der Waals surface area contributed by atoms with Crippen LogP contribution in [-0.2, 0) is 24.5 Å². The highest BCUT2D eigenvalue weighted by atomic mass is 32.2. The summed E-state index contributed by atoms with van der Waals surface area (Å²) in [5, 5.41) is 3.22. The molecule has 0 bridgehead atoms. The zero-order valence-corrected chi connectivity index (χ0v) is 18.3. The Morgan fingerprint density at radius 3 is 2.34 bits per heavy atom. The predicted octanol–water partition coefficient (Wildman–Crippen LogP) is 1.48. The molecule has 3 atom stereocenters. The molecule has 4 rings (SSSR count). The molecule has 1 N–H and O–H groups in total. The first kappa shape index (κ1) is 21.5. The molecule has 1 spiro atoms. The lowest BCUT2D eigenvalue weighted by Crippen LogP contribution is -2.55. The van der Waals surface area contributed by atoms with Crippen LogP contribution in [0.4, 0.5) is 0 Å². The topological polar surface area (TPSA) is 88.2 Å². The summed E-state index contributed by atoms with van der Waals surface area (Å²) in [7, 11) is -3.57. The Morgan fingerprint density at radius 2 is 1.66 bits per heavy atom. The molecule has 1 aliphatic carbocycles. The zero-order chi connectivity index (χ0) is 20.5. The van der Waals surface area contributed by atoms with Crippen LogP contribution in [0.25, 0.3) is 0 Å². The van der Waals surface area contributed by atoms with Crippen LogP contribution in [0.5, 0.6) is 0 Å². The molecule has 8 nitrogen and oxygen atoms in total. The van der Waals surface area contributed by atoms with E-state index >= 15 is 0 Å². The molecule has 29 heavy (non-hydrogen) atoms. The fraction of sp³-hybridized carbons (Fsp3) is 0.950. The van der Waals surface area contributed by atoms with Crippen molar-refractivity contribution in [2.45, 2.75) is 70.1 Å². The van der Waals surface area contributed by atoms with Gasteiger partial charge >= 0.3 is 0 Å². The van der Waals surface area contributed by atoms with E-state index in [0.717, 1.165) is 32.1 Å². The number of piperidine rings is 2. The molecular weight excluding hydrogens is 394 g/mol. The second kappa shape index (κ2) is 8.78. The van der Waals surface area contributed by atoms with Gasteiger partial charge in [0.25, 0.3) is 10.2 Å². The summed E-state index contributed by atoms with van der Waals surface area (Å²) in [5.74, 6) is -0.330. The van der Waals surface area contributed by atoms with Gasteiger partial charge < -0.3 is 14.8 Å². The Labute approximate surface area is 174 Å². The van der Waals surface area contributed by atoms with Gasteiger partial charge in [-0.25, -0.2) is 0 Å². The molecule has 1 saturated carbocycles. The molecule has 4 aliphatic rings. The van der Waals surface area contributed by atoms with Crippen LogP contribution in [0.3, 0.4) is 0 Å². The van der Waals surface area contributed by atoms with Gasteiger partial charge in [-0.2, -0.15) is 17.0 Å². The highest BCUT2D eigenvalue weighted by Gasteiger charge is 2.44. The lowest BCUT2D eigenvalue weighted by Gasteiger charge is -2.40. The van der Waals surface area contributed by atoms with E-state index in [9.17, 15) is 13.2 Å². The van der Waals surface area contributed by atoms with Crippen LogP contribution in [0, 0.1) is 11.8 Å². The molecule has 1 amide bonds. The summed E-state index contributed by atoms with van der Waals surface area (Å²) in [6.07, 6.45) is 7.17. The molecule has 166 valence electrons. The van der Waals surface area contributed by atoms with Crippen LogP contribution >= 0.6 is 0 Å². The second-order valence-corrected chi connectivity index (χ2v) is 11.0. The van der Waals surface area contributed by atoms with Gasteiger partial charge in [0.05, 0.1) is 19.1 Å². The number of amides is 1. The third-order valence-corrected chi connectivity index (χ3v) is 9.15. The quantitative estimate of drug-likeness (QED) is 0.731. The summed E-state index contributed by atoms with van der Waals surface area (Å²) < 4.78 is 40.8. The number of hydrogen-bond donors (Lipinski definition) is 1. The van der Waals surface area contributed by atoms with Crippen molar-refractivity contribution >= 4 is 16.1 Å². The largest absolute Gasteiger partial charge is 0.353 e. The van der Waals surface area contributed by atoms with Gasteiger partial charge in [-0.1, -0.05) is 19.8 Å². The second-order valence-electron chi connectivity index (χ2n) is 9.09. The van der Waals surface area contributed by atoms with Gasteiger partial charge in [-0.15, -0.1) is 0 Å². The van der Waals surface area contributed by atoms with Crippen molar-refractivity contribution < 1.29 is 22.7 Å². The smallest absolute Gasteiger partial charge is 0.282 e. The first-order valence-corrected chi connectivity index (χ1v) is 12.6. The van der Waals surface area contributed by atoms with Crippen LogP contribution in [0.1, 0.15) is 58.3 Å². The van der Waals surface area contributed by atoms with Gasteiger partial charge in [-0.3, -0.25) is 4.79 Å². The number of nitrogens with one attached hydrogen (secondary N) is 1. The molecule has 0 radical (unpaired) electrons. The van der Waals surface area contributed by atoms with Crippen molar-refractivity contribution in [3.8, 4) is 0 Å². The van der Waals surface area contributed by atoms with E-state index in [1.165, 1.54) is 15.0 Å². The number of carbonyl (C=O) groups excluding carboxylic acids is 1. The Balaban J connectivity index is 1.34. The first-order valence-electron chi connectivity index (χ1n) is 11.2. The fourth-order valence-electron chi connectivity index (χ4n) is 5.20. The summed E-state index contributed by atoms with van der Waals surface area (Å²) in [6.45, 7) is 4.92. The maximum absolute atomic E-state index is 13.2. The monoisotopic (exact) mass is 429 g/mol. The normalized spacial score (nSPS) is 34.3. The third-order valence-electron chi connectivity index (χ3n) is 7.14. The molecule has 3 heterocycles. The Hall–Kier alpha value is -0.740. The van der Waals surface area contributed by atoms with Gasteiger partial charge in [0.1, 0.15) is 0 Å². The minimum atomic E-state index is -3.57. The Kier molecular flexibility index (Phi) is 6.51. The maximum atomic E-state index is 13.2. The van der Waals surface area contributed by atoms with Crippen molar-refractivity contribution in [1.82, 2.24) is 13.9 Å². The number of ether oxygens (including phenoxy) is 2. The molecule has 3 unspecified atom stereocenters. The summed E-state index contributed by atoms with van der Waals surface area (Å²) >= 11 is 0. The number of nitrogens with zero attached hydrogens (tertiary/aromatic N) is 2. The number of rotatable bonds is 4. The van der Waals surface area contributed by atoms with Gasteiger partial charge in [0.2, 0.25) is 5.91 Å². The van der Waals surface area contributed by atoms with Gasteiger partial charge in [0, 0.05) is 45.1 Å². The van der Waals surface area contributed by atoms with Crippen molar-refractivity contribution in [2.24, 2.45) is 11.8 Å². The number of hydrogen-bond acceptors (Lipinski definition) is 5. The van der Waals surface area contributed by atoms with Crippen molar-refractivity contribution in [3.05, 3.63) is 0 Å². The van der Waals surface area contributed by atoms with Gasteiger partial charge in [-0.05, 0) is 31.6 Å². The summed E-state index contributed by atoms with van der Waals surface area (Å²) in [4.78, 5) is 12.9. The molecule has 3 aliphatic heterocycles. The zero-order valence-electron chi connectivity index (χ0n) is 17.5. The minimum Gasteiger partial charge on any atom is -0.353 e. The maximum Gasteiger partial charge on any atom is 0.282 e. The standard InChI is InChI=1S/C20H35N3O5S/c1-16-5-2-3-7-18(16)21-19(24)17-6-4-10-23(15-17)29(25,26)22-11-8-20(9-12-22)27-13-14-28-20/h16-18H,2-15H2,1H3,(H,21,24). The highest BCUT2D eigenvalue weighted by molar-refractivity contribution is 7.86. The van der Waals surface area contributed by atoms with Crippen molar-refractivity contribution in [2.75, 3.05) is 39.4 Å². The van der Waals surface area contributed by atoms with E-state index in [1.807, 2.05) is 0 Å². The van der Waals surface area contributed by atoms with Crippen molar-refractivity contribution in [3.63, 3.8) is 0 Å². The van der Waals surface area contributed by atoms with Gasteiger partial charge in [0.15, 0.2) is 5.79 Å². The molecule has 0 aromatic heterocycles. The summed E-state index contributed by atoms with van der Waals surface area (Å²) in [6, 6.07) is 0.230. The van der Waals surface area contributed by atoms with Crippen LogP contribution in [0.2, 0.25) is 0 Å². The average Bonchev–Trinajstić information content (AvgIpc) is 3.18. The minimum absolute atomic E-state index is 0.0222. The van der Waals surface area contributed by atoms with Crippen molar-refractivity contribution in [1.29, 1.82) is 0 Å². The van der Waals surface area contributed by atoms with E-state index in [0.29, 0.717) is 51.6 Å². The van der Waals surface area contributed by atoms with Crippen LogP contribution in [0.15, 0.2) is 0 Å². The first-order chi connectivity index (χ1) is 13.9. The molecule has 0 aromatic carbocycles. The lowest BCUT2D eigenvalue weighted by atomic mass is 9.85. The van der Waals surface area contributed by atoms with E-state index in [-0.39, 0.29) is 24.4 Å². The van der Waals surface area contributed by atoms with E-state index in [4.69, 9.17) is 9.47 Å². The third kappa shape index (κ3) is 4.63. The number of carbonyl (C=O) groups is 1. The summed E-state index contributed by atoms with van der Waals surface area (Å²) in [5.41, 5.74) is 0. The van der Waals surface area contributed by atoms with E-state index in [1.54, 1.807) is 0 Å². The fourth-order valence-corrected chi connectivity index (χ4v) is 6.90. The molecule has 9 heteroatoms. The average molecular weight is 430 g/mol. The Morgan fingerprint density at radius 1 is 0.966 bits per heavy atom. The molecule has 0 aromatic rings. The lowest BCUT2D eigenvalue weighted by molar-refractivity contribution is -0.179. The van der Waals surface area contributed by atoms with E-state index < -0.39 is 16.0 Å². The molecule has 3 saturated heterocycles. The molecular formula is C20H35N3O5S. The van der Waals surface area contributed by atoms with Crippen LogP contribution in [-0.4, -0.2) is 74.2 Å².